The van der Waals surface area contributed by atoms with Crippen molar-refractivity contribution >= 4 is 11.8 Å². The van der Waals surface area contributed by atoms with E-state index in [0.29, 0.717) is 17.9 Å². The molecular formula is C41H45F3N4O5. The summed E-state index contributed by atoms with van der Waals surface area (Å²) in [6.45, 7) is 3.63. The summed E-state index contributed by atoms with van der Waals surface area (Å²) < 4.78 is 52.4. The third kappa shape index (κ3) is 9.49. The number of pyridine rings is 1. The predicted molar refractivity (Wildman–Crippen MR) is 193 cm³/mol. The van der Waals surface area contributed by atoms with E-state index in [1.165, 1.54) is 0 Å². The summed E-state index contributed by atoms with van der Waals surface area (Å²) in [7, 11) is 2.08. The minimum absolute atomic E-state index is 0.0343. The number of aromatic nitrogens is 1. The number of hydrogen-bond acceptors (Lipinski definition) is 7. The van der Waals surface area contributed by atoms with Crippen LogP contribution in [0.1, 0.15) is 60.1 Å². The van der Waals surface area contributed by atoms with Gasteiger partial charge in [-0.15, -0.1) is 0 Å². The molecule has 9 nitrogen and oxygen atoms in total. The van der Waals surface area contributed by atoms with Gasteiger partial charge in [-0.1, -0.05) is 79.7 Å². The third-order valence-electron chi connectivity index (χ3n) is 10.1. The number of aliphatic hydroxyl groups is 1. The molecule has 2 amide bonds. The van der Waals surface area contributed by atoms with Crippen LogP contribution in [0.3, 0.4) is 0 Å². The van der Waals surface area contributed by atoms with Crippen molar-refractivity contribution in [1.82, 2.24) is 20.1 Å². The van der Waals surface area contributed by atoms with Crippen molar-refractivity contribution in [3.63, 3.8) is 0 Å². The van der Waals surface area contributed by atoms with Crippen LogP contribution in [0, 0.1) is 5.92 Å². The van der Waals surface area contributed by atoms with Gasteiger partial charge in [0.05, 0.1) is 18.8 Å². The van der Waals surface area contributed by atoms with Crippen LogP contribution in [0.15, 0.2) is 97.2 Å². The number of rotatable bonds is 12. The molecule has 0 radical (unpaired) electrons. The van der Waals surface area contributed by atoms with Gasteiger partial charge in [-0.3, -0.25) is 14.6 Å². The van der Waals surface area contributed by atoms with E-state index in [-0.39, 0.29) is 44.2 Å². The summed E-state index contributed by atoms with van der Waals surface area (Å²) >= 11 is 0. The molecule has 2 saturated heterocycles. The lowest BCUT2D eigenvalue weighted by Gasteiger charge is -2.42. The van der Waals surface area contributed by atoms with Crippen molar-refractivity contribution in [1.29, 1.82) is 0 Å². The van der Waals surface area contributed by atoms with Crippen LogP contribution >= 0.6 is 0 Å². The highest BCUT2D eigenvalue weighted by molar-refractivity contribution is 5.90. The third-order valence-corrected chi connectivity index (χ3v) is 10.1. The van der Waals surface area contributed by atoms with E-state index in [9.17, 15) is 27.9 Å². The molecule has 1 aromatic heterocycles. The van der Waals surface area contributed by atoms with Crippen LogP contribution < -0.4 is 5.32 Å². The molecule has 3 aromatic carbocycles. The summed E-state index contributed by atoms with van der Waals surface area (Å²) in [5.41, 5.74) is 6.32. The Morgan fingerprint density at radius 3 is 2.40 bits per heavy atom. The van der Waals surface area contributed by atoms with E-state index in [1.54, 1.807) is 6.20 Å². The van der Waals surface area contributed by atoms with Crippen LogP contribution in [0.2, 0.25) is 0 Å². The molecule has 4 aromatic rings. The topological polar surface area (TPSA) is 104 Å². The van der Waals surface area contributed by atoms with E-state index in [0.717, 1.165) is 52.0 Å². The Labute approximate surface area is 307 Å². The van der Waals surface area contributed by atoms with Crippen LogP contribution in [0.4, 0.5) is 13.2 Å². The standard InChI is InChI=1S/C41H45F3N4O5/c1-27-36(25-47(2)22-19-34-9-3-4-20-45-34)52-39(53-37(27)31-13-11-28(26-49)12-14-31)32-17-15-30(16-18-32)33-8-5-7-29(23-33)24-46-38(50)35-10-6-21-48(35)40(51)41(42,43)44/h3-5,7-9,11-18,20,23,27,35-37,39,49H,6,10,19,21-22,24-26H2,1-2H3,(H,46,50)/t27-,35+,36+,37+,39+/m1/s1. The van der Waals surface area contributed by atoms with E-state index in [1.807, 2.05) is 91.0 Å². The largest absolute Gasteiger partial charge is 0.471 e. The maximum absolute atomic E-state index is 13.0. The number of hydrogen-bond donors (Lipinski definition) is 2. The second kappa shape index (κ2) is 17.0. The molecule has 0 saturated carbocycles. The number of carbonyl (C=O) groups is 2. The minimum atomic E-state index is -5.02. The second-order valence-electron chi connectivity index (χ2n) is 13.8. The molecule has 12 heteroatoms. The first-order valence-electron chi connectivity index (χ1n) is 17.9. The molecule has 6 rings (SSSR count). The molecule has 3 heterocycles. The average Bonchev–Trinajstić information content (AvgIpc) is 3.67. The Kier molecular flexibility index (Phi) is 12.2. The fourth-order valence-corrected chi connectivity index (χ4v) is 7.02. The molecule has 0 spiro atoms. The maximum atomic E-state index is 13.0. The fraction of sp³-hybridized carbons (Fsp3) is 0.390. The van der Waals surface area contributed by atoms with Gasteiger partial charge in [0, 0.05) is 56.0 Å². The summed E-state index contributed by atoms with van der Waals surface area (Å²) in [5.74, 6) is -2.55. The minimum Gasteiger partial charge on any atom is -0.392 e. The number of benzene rings is 3. The van der Waals surface area contributed by atoms with E-state index < -0.39 is 30.3 Å². The first-order valence-corrected chi connectivity index (χ1v) is 17.9. The van der Waals surface area contributed by atoms with E-state index in [4.69, 9.17) is 9.47 Å². The lowest BCUT2D eigenvalue weighted by molar-refractivity contribution is -0.275. The lowest BCUT2D eigenvalue weighted by Crippen LogP contribution is -2.50. The van der Waals surface area contributed by atoms with Gasteiger partial charge < -0.3 is 29.7 Å². The van der Waals surface area contributed by atoms with Gasteiger partial charge in [0.15, 0.2) is 6.29 Å². The van der Waals surface area contributed by atoms with Gasteiger partial charge in [0.2, 0.25) is 5.91 Å². The number of amides is 2. The Bertz CT molecular complexity index is 1820. The van der Waals surface area contributed by atoms with Crippen LogP contribution in [-0.4, -0.2) is 76.7 Å². The number of aliphatic hydroxyl groups excluding tert-OH is 1. The zero-order valence-electron chi connectivity index (χ0n) is 29.8. The smallest absolute Gasteiger partial charge is 0.392 e. The molecule has 280 valence electrons. The van der Waals surface area contributed by atoms with Crippen molar-refractivity contribution < 1.29 is 37.3 Å². The van der Waals surface area contributed by atoms with Gasteiger partial charge >= 0.3 is 12.1 Å². The van der Waals surface area contributed by atoms with Crippen molar-refractivity contribution in [2.75, 3.05) is 26.7 Å². The quantitative estimate of drug-likeness (QED) is 0.175. The molecule has 2 N–H and O–H groups in total. The molecule has 2 aliphatic rings. The number of halogens is 3. The average molecular weight is 731 g/mol. The fourth-order valence-electron chi connectivity index (χ4n) is 7.02. The Hall–Kier alpha value is -4.62. The maximum Gasteiger partial charge on any atom is 0.471 e. The van der Waals surface area contributed by atoms with Crippen LogP contribution in [0.5, 0.6) is 0 Å². The Morgan fingerprint density at radius 1 is 0.943 bits per heavy atom. The summed E-state index contributed by atoms with van der Waals surface area (Å²) in [4.78, 5) is 32.0. The molecule has 5 atom stereocenters. The molecule has 53 heavy (non-hydrogen) atoms. The molecule has 0 unspecified atom stereocenters. The highest BCUT2D eigenvalue weighted by Crippen LogP contribution is 2.42. The van der Waals surface area contributed by atoms with E-state index in [2.05, 4.69) is 29.2 Å². The van der Waals surface area contributed by atoms with E-state index >= 15 is 0 Å². The zero-order valence-corrected chi connectivity index (χ0v) is 29.8. The first kappa shape index (κ1) is 38.1. The molecular weight excluding hydrogens is 685 g/mol. The van der Waals surface area contributed by atoms with Crippen LogP contribution in [-0.2, 0) is 38.6 Å². The normalized spacial score (nSPS) is 21.9. The van der Waals surface area contributed by atoms with Gasteiger partial charge in [0.1, 0.15) is 6.04 Å². The highest BCUT2D eigenvalue weighted by atomic mass is 19.4. The molecule has 0 aliphatic carbocycles. The van der Waals surface area contributed by atoms with Gasteiger partial charge in [-0.2, -0.15) is 13.2 Å². The summed E-state index contributed by atoms with van der Waals surface area (Å²) in [6, 6.07) is 28.1. The van der Waals surface area contributed by atoms with Crippen molar-refractivity contribution in [2.24, 2.45) is 5.92 Å². The molecule has 2 fully saturated rings. The van der Waals surface area contributed by atoms with Crippen molar-refractivity contribution in [3.8, 4) is 11.1 Å². The Morgan fingerprint density at radius 2 is 1.70 bits per heavy atom. The number of likely N-dealkylation sites (tertiary alicyclic amines) is 1. The van der Waals surface area contributed by atoms with Crippen LogP contribution in [0.25, 0.3) is 11.1 Å². The summed E-state index contributed by atoms with van der Waals surface area (Å²) in [5, 5.41) is 12.3. The van der Waals surface area contributed by atoms with Gasteiger partial charge in [-0.05, 0) is 65.9 Å². The first-order chi connectivity index (χ1) is 25.5. The Balaban J connectivity index is 1.13. The number of carbonyl (C=O) groups excluding carboxylic acids is 2. The van der Waals surface area contributed by atoms with Gasteiger partial charge in [-0.25, -0.2) is 0 Å². The number of ether oxygens (including phenoxy) is 2. The monoisotopic (exact) mass is 730 g/mol. The zero-order chi connectivity index (χ0) is 37.5. The lowest BCUT2D eigenvalue weighted by atomic mass is 9.90. The predicted octanol–water partition coefficient (Wildman–Crippen LogP) is 6.38. The molecule has 0 bridgehead atoms. The van der Waals surface area contributed by atoms with Crippen molar-refractivity contribution in [2.45, 2.75) is 70.1 Å². The SMILES string of the molecule is C[C@@H]1[C@H](CN(C)CCc2ccccn2)O[C@H](c2ccc(-c3cccc(CNC(=O)[C@@H]4CCCN4C(=O)C(F)(F)F)c3)cc2)O[C@@H]1c1ccc(CO)cc1. The van der Waals surface area contributed by atoms with Crippen molar-refractivity contribution in [3.05, 3.63) is 125 Å². The number of nitrogens with one attached hydrogen (secondary N) is 1. The number of alkyl halides is 3. The number of nitrogens with zero attached hydrogens (tertiary/aromatic N) is 3. The second-order valence-corrected chi connectivity index (χ2v) is 13.8. The van der Waals surface area contributed by atoms with Gasteiger partial charge in [0.25, 0.3) is 0 Å². The molecule has 2 aliphatic heterocycles. The summed E-state index contributed by atoms with van der Waals surface area (Å²) in [6.07, 6.45) is -2.88. The highest BCUT2D eigenvalue weighted by Gasteiger charge is 2.47. The number of likely N-dealkylation sites (N-methyl/N-ethyl adjacent to an activating group) is 1.